The molecule has 26 heavy (non-hydrogen) atoms. The molecule has 0 aliphatic carbocycles. The number of aliphatic hydroxyl groups excluding tert-OH is 1. The molecule has 0 aliphatic heterocycles. The van der Waals surface area contributed by atoms with E-state index in [0.717, 1.165) is 0 Å². The average Bonchev–Trinajstić information content (AvgIpc) is 2.52. The molecule has 0 amide bonds. The number of hydrogen-bond acceptors (Lipinski definition) is 2. The second-order valence-electron chi connectivity index (χ2n) is 5.70. The molecule has 2 aromatic rings. The molecule has 9 heteroatoms. The summed E-state index contributed by atoms with van der Waals surface area (Å²) in [6, 6.07) is 5.93. The molecule has 0 fully saturated rings. The van der Waals surface area contributed by atoms with Crippen molar-refractivity contribution in [1.82, 2.24) is 0 Å². The first kappa shape index (κ1) is 20.2. The summed E-state index contributed by atoms with van der Waals surface area (Å²) in [4.78, 5) is 0. The molecule has 0 unspecified atom stereocenters. The SMILES string of the molecule is N[C@@H](c1c(F)cc(C(F)(F)F)cc1C(F)(F)F)[C@H](O)Cc1ccccc1. The Morgan fingerprint density at radius 1 is 0.923 bits per heavy atom. The summed E-state index contributed by atoms with van der Waals surface area (Å²) in [6.45, 7) is 0. The third-order valence-corrected chi connectivity index (χ3v) is 3.80. The minimum Gasteiger partial charge on any atom is -0.391 e. The molecular weight excluding hydrogens is 367 g/mol. The van der Waals surface area contributed by atoms with Crippen molar-refractivity contribution < 1.29 is 35.8 Å². The number of alkyl halides is 6. The second-order valence-corrected chi connectivity index (χ2v) is 5.70. The van der Waals surface area contributed by atoms with Crippen molar-refractivity contribution in [2.45, 2.75) is 30.9 Å². The zero-order chi connectivity index (χ0) is 19.7. The van der Waals surface area contributed by atoms with E-state index < -0.39 is 47.0 Å². The lowest BCUT2D eigenvalue weighted by molar-refractivity contribution is -0.144. The monoisotopic (exact) mass is 381 g/mol. The van der Waals surface area contributed by atoms with E-state index in [1.807, 2.05) is 0 Å². The van der Waals surface area contributed by atoms with E-state index in [1.165, 1.54) is 0 Å². The summed E-state index contributed by atoms with van der Waals surface area (Å²) in [7, 11) is 0. The summed E-state index contributed by atoms with van der Waals surface area (Å²) in [5, 5.41) is 10.1. The van der Waals surface area contributed by atoms with Crippen molar-refractivity contribution in [3.05, 3.63) is 70.5 Å². The molecular formula is C17H14F7NO. The van der Waals surface area contributed by atoms with Gasteiger partial charge in [0.1, 0.15) is 5.82 Å². The first-order chi connectivity index (χ1) is 11.9. The summed E-state index contributed by atoms with van der Waals surface area (Å²) >= 11 is 0. The Bertz CT molecular complexity index is 756. The van der Waals surface area contributed by atoms with Crippen molar-refractivity contribution in [1.29, 1.82) is 0 Å². The standard InChI is InChI=1S/C17H14F7NO/c18-12-8-10(16(19,20)21)7-11(17(22,23)24)14(12)15(25)13(26)6-9-4-2-1-3-5-9/h1-5,7-8,13,15,26H,6,25H2/t13-,15-/m1/s1. The van der Waals surface area contributed by atoms with Gasteiger partial charge in [-0.2, -0.15) is 26.3 Å². The molecule has 0 saturated heterocycles. The molecule has 0 spiro atoms. The Morgan fingerprint density at radius 2 is 1.50 bits per heavy atom. The van der Waals surface area contributed by atoms with Crippen LogP contribution in [0, 0.1) is 5.82 Å². The van der Waals surface area contributed by atoms with E-state index in [2.05, 4.69) is 0 Å². The van der Waals surface area contributed by atoms with Crippen LogP contribution in [0.1, 0.15) is 28.3 Å². The van der Waals surface area contributed by atoms with Crippen LogP contribution in [-0.4, -0.2) is 11.2 Å². The summed E-state index contributed by atoms with van der Waals surface area (Å²) < 4.78 is 91.8. The van der Waals surface area contributed by atoms with Crippen LogP contribution in [0.5, 0.6) is 0 Å². The van der Waals surface area contributed by atoms with Gasteiger partial charge in [0.2, 0.25) is 0 Å². The molecule has 2 rings (SSSR count). The molecule has 2 atom stereocenters. The van der Waals surface area contributed by atoms with E-state index in [9.17, 15) is 35.8 Å². The van der Waals surface area contributed by atoms with Crippen LogP contribution in [0.4, 0.5) is 30.7 Å². The van der Waals surface area contributed by atoms with E-state index in [-0.39, 0.29) is 18.6 Å². The van der Waals surface area contributed by atoms with Gasteiger partial charge in [-0.3, -0.25) is 0 Å². The van der Waals surface area contributed by atoms with E-state index >= 15 is 0 Å². The maximum Gasteiger partial charge on any atom is 0.416 e. The minimum atomic E-state index is -5.28. The van der Waals surface area contributed by atoms with Gasteiger partial charge in [0, 0.05) is 12.0 Å². The van der Waals surface area contributed by atoms with Crippen molar-refractivity contribution in [2.24, 2.45) is 5.73 Å². The third-order valence-electron chi connectivity index (χ3n) is 3.80. The van der Waals surface area contributed by atoms with Gasteiger partial charge in [0.15, 0.2) is 0 Å². The molecule has 0 saturated carbocycles. The van der Waals surface area contributed by atoms with Gasteiger partial charge < -0.3 is 10.8 Å². The first-order valence-corrected chi connectivity index (χ1v) is 7.36. The fourth-order valence-electron chi connectivity index (χ4n) is 2.53. The highest BCUT2D eigenvalue weighted by Gasteiger charge is 2.41. The summed E-state index contributed by atoms with van der Waals surface area (Å²) in [6.07, 6.45) is -12.3. The molecule has 2 aromatic carbocycles. The van der Waals surface area contributed by atoms with Crippen LogP contribution >= 0.6 is 0 Å². The lowest BCUT2D eigenvalue weighted by Gasteiger charge is -2.24. The Balaban J connectivity index is 2.46. The smallest absolute Gasteiger partial charge is 0.391 e. The number of hydrogen-bond donors (Lipinski definition) is 2. The number of rotatable bonds is 4. The largest absolute Gasteiger partial charge is 0.416 e. The van der Waals surface area contributed by atoms with Crippen LogP contribution in [-0.2, 0) is 18.8 Å². The predicted molar refractivity (Wildman–Crippen MR) is 79.5 cm³/mol. The summed E-state index contributed by atoms with van der Waals surface area (Å²) in [5.41, 5.74) is 1.26. The number of benzene rings is 2. The van der Waals surface area contributed by atoms with Gasteiger partial charge in [-0.05, 0) is 17.7 Å². The van der Waals surface area contributed by atoms with E-state index in [0.29, 0.717) is 5.56 Å². The molecule has 3 N–H and O–H groups in total. The van der Waals surface area contributed by atoms with Crippen LogP contribution in [0.15, 0.2) is 42.5 Å². The van der Waals surface area contributed by atoms with E-state index in [4.69, 9.17) is 5.73 Å². The van der Waals surface area contributed by atoms with Crippen LogP contribution in [0.3, 0.4) is 0 Å². The van der Waals surface area contributed by atoms with Crippen LogP contribution < -0.4 is 5.73 Å². The Kier molecular flexibility index (Phi) is 5.62. The maximum atomic E-state index is 14.1. The van der Waals surface area contributed by atoms with Crippen LogP contribution in [0.25, 0.3) is 0 Å². The third kappa shape index (κ3) is 4.53. The zero-order valence-corrected chi connectivity index (χ0v) is 13.1. The average molecular weight is 381 g/mol. The topological polar surface area (TPSA) is 46.2 Å². The summed E-state index contributed by atoms with van der Waals surface area (Å²) in [5.74, 6) is -1.77. The van der Waals surface area contributed by atoms with Crippen molar-refractivity contribution in [2.75, 3.05) is 0 Å². The van der Waals surface area contributed by atoms with E-state index in [1.54, 1.807) is 30.3 Å². The van der Waals surface area contributed by atoms with Crippen molar-refractivity contribution >= 4 is 0 Å². The quantitative estimate of drug-likeness (QED) is 0.768. The minimum absolute atomic E-state index is 0.0559. The highest BCUT2D eigenvalue weighted by Crippen LogP contribution is 2.40. The van der Waals surface area contributed by atoms with Gasteiger partial charge >= 0.3 is 12.4 Å². The van der Waals surface area contributed by atoms with Gasteiger partial charge in [-0.1, -0.05) is 30.3 Å². The normalized spacial score (nSPS) is 15.0. The fourth-order valence-corrected chi connectivity index (χ4v) is 2.53. The highest BCUT2D eigenvalue weighted by molar-refractivity contribution is 5.39. The van der Waals surface area contributed by atoms with Gasteiger partial charge in [0.05, 0.1) is 23.3 Å². The Morgan fingerprint density at radius 3 is 2.00 bits per heavy atom. The van der Waals surface area contributed by atoms with Crippen molar-refractivity contribution in [3.8, 4) is 0 Å². The van der Waals surface area contributed by atoms with Gasteiger partial charge in [-0.15, -0.1) is 0 Å². The number of aliphatic hydroxyl groups is 1. The molecule has 0 aliphatic rings. The lowest BCUT2D eigenvalue weighted by atomic mass is 9.91. The molecule has 142 valence electrons. The fraction of sp³-hybridized carbons (Fsp3) is 0.294. The predicted octanol–water partition coefficient (Wildman–Crippen LogP) is 4.47. The Labute approximate surface area is 144 Å². The number of nitrogens with two attached hydrogens (primary N) is 1. The second kappa shape index (κ2) is 7.24. The van der Waals surface area contributed by atoms with Crippen molar-refractivity contribution in [3.63, 3.8) is 0 Å². The number of halogens is 7. The molecule has 0 heterocycles. The molecule has 2 nitrogen and oxygen atoms in total. The maximum absolute atomic E-state index is 14.1. The van der Waals surface area contributed by atoms with Gasteiger partial charge in [0.25, 0.3) is 0 Å². The Hall–Kier alpha value is -2.13. The molecule has 0 aromatic heterocycles. The first-order valence-electron chi connectivity index (χ1n) is 7.36. The highest BCUT2D eigenvalue weighted by atomic mass is 19.4. The van der Waals surface area contributed by atoms with Crippen LogP contribution in [0.2, 0.25) is 0 Å². The molecule has 0 bridgehead atoms. The zero-order valence-electron chi connectivity index (χ0n) is 13.1. The van der Waals surface area contributed by atoms with Gasteiger partial charge in [-0.25, -0.2) is 4.39 Å². The molecule has 0 radical (unpaired) electrons. The lowest BCUT2D eigenvalue weighted by Crippen LogP contribution is -2.31.